The predicted octanol–water partition coefficient (Wildman–Crippen LogP) is 5.92. The lowest BCUT2D eigenvalue weighted by atomic mass is 10.3. The highest BCUT2D eigenvalue weighted by molar-refractivity contribution is 8.00. The molecule has 0 amide bonds. The Kier molecular flexibility index (Phi) is 4.78. The standard InChI is InChI=1S/C16H13F3N2OS2/c1-3-23-13-6-9(2)8-20-14(13)15-21-11-7-10(24-16(17,18)19)4-5-12(11)22-15/h4-8H,3H2,1-2H3. The third-order valence-electron chi connectivity index (χ3n) is 3.08. The van der Waals surface area contributed by atoms with Crippen LogP contribution in [0.25, 0.3) is 22.7 Å². The van der Waals surface area contributed by atoms with Crippen LogP contribution in [-0.4, -0.2) is 21.2 Å². The minimum atomic E-state index is -4.33. The zero-order chi connectivity index (χ0) is 17.3. The Bertz CT molecular complexity index is 877. The van der Waals surface area contributed by atoms with Crippen LogP contribution in [0, 0.1) is 6.92 Å². The van der Waals surface area contributed by atoms with Crippen molar-refractivity contribution in [1.82, 2.24) is 9.97 Å². The lowest BCUT2D eigenvalue weighted by molar-refractivity contribution is -0.0328. The van der Waals surface area contributed by atoms with Crippen molar-refractivity contribution < 1.29 is 17.6 Å². The smallest absolute Gasteiger partial charge is 0.435 e. The quantitative estimate of drug-likeness (QED) is 0.533. The summed E-state index contributed by atoms with van der Waals surface area (Å²) >= 11 is 1.45. The monoisotopic (exact) mass is 370 g/mol. The number of alkyl halides is 3. The number of nitrogens with zero attached hydrogens (tertiary/aromatic N) is 2. The molecule has 0 radical (unpaired) electrons. The molecule has 0 N–H and O–H groups in total. The fraction of sp³-hybridized carbons (Fsp3) is 0.250. The van der Waals surface area contributed by atoms with Gasteiger partial charge >= 0.3 is 5.51 Å². The Labute approximate surface area is 145 Å². The van der Waals surface area contributed by atoms with E-state index in [0.29, 0.717) is 22.7 Å². The molecular formula is C16H13F3N2OS2. The molecule has 0 saturated heterocycles. The zero-order valence-electron chi connectivity index (χ0n) is 12.8. The van der Waals surface area contributed by atoms with Crippen LogP contribution in [-0.2, 0) is 0 Å². The molecule has 2 aromatic heterocycles. The van der Waals surface area contributed by atoms with E-state index in [9.17, 15) is 13.2 Å². The normalized spacial score (nSPS) is 12.0. The average molecular weight is 370 g/mol. The molecule has 24 heavy (non-hydrogen) atoms. The molecule has 0 unspecified atom stereocenters. The molecular weight excluding hydrogens is 357 g/mol. The van der Waals surface area contributed by atoms with Crippen LogP contribution in [0.15, 0.2) is 44.7 Å². The van der Waals surface area contributed by atoms with E-state index in [4.69, 9.17) is 4.42 Å². The number of benzene rings is 1. The minimum absolute atomic E-state index is 0.0786. The largest absolute Gasteiger partial charge is 0.446 e. The van der Waals surface area contributed by atoms with Crippen LogP contribution in [0.3, 0.4) is 0 Å². The average Bonchev–Trinajstić information content (AvgIpc) is 2.89. The van der Waals surface area contributed by atoms with Crippen molar-refractivity contribution in [3.05, 3.63) is 36.0 Å². The van der Waals surface area contributed by atoms with E-state index < -0.39 is 5.51 Å². The van der Waals surface area contributed by atoms with Gasteiger partial charge in [-0.2, -0.15) is 13.2 Å². The zero-order valence-corrected chi connectivity index (χ0v) is 14.5. The number of rotatable bonds is 4. The van der Waals surface area contributed by atoms with Crippen molar-refractivity contribution >= 4 is 34.6 Å². The van der Waals surface area contributed by atoms with Gasteiger partial charge in [0.2, 0.25) is 5.89 Å². The van der Waals surface area contributed by atoms with Crippen LogP contribution in [0.2, 0.25) is 0 Å². The van der Waals surface area contributed by atoms with Gasteiger partial charge in [0.15, 0.2) is 5.58 Å². The van der Waals surface area contributed by atoms with Gasteiger partial charge in [-0.15, -0.1) is 11.8 Å². The molecule has 3 aromatic rings. The van der Waals surface area contributed by atoms with Crippen molar-refractivity contribution in [3.8, 4) is 11.6 Å². The van der Waals surface area contributed by atoms with Gasteiger partial charge in [0, 0.05) is 16.0 Å². The van der Waals surface area contributed by atoms with Gasteiger partial charge in [-0.1, -0.05) is 6.92 Å². The maximum Gasteiger partial charge on any atom is 0.446 e. The lowest BCUT2D eigenvalue weighted by Gasteiger charge is -2.04. The maximum atomic E-state index is 12.5. The number of oxazole rings is 1. The second kappa shape index (κ2) is 6.68. The second-order valence-electron chi connectivity index (χ2n) is 4.99. The van der Waals surface area contributed by atoms with Gasteiger partial charge < -0.3 is 4.42 Å². The first-order valence-corrected chi connectivity index (χ1v) is 8.92. The van der Waals surface area contributed by atoms with Crippen molar-refractivity contribution in [2.24, 2.45) is 0 Å². The number of fused-ring (bicyclic) bond motifs is 1. The summed E-state index contributed by atoms with van der Waals surface area (Å²) in [5.74, 6) is 1.18. The first-order valence-electron chi connectivity index (χ1n) is 7.12. The van der Waals surface area contributed by atoms with Crippen LogP contribution < -0.4 is 0 Å². The fourth-order valence-electron chi connectivity index (χ4n) is 2.17. The highest BCUT2D eigenvalue weighted by Gasteiger charge is 2.29. The molecule has 0 aliphatic rings. The molecule has 0 bridgehead atoms. The summed E-state index contributed by atoms with van der Waals surface area (Å²) in [4.78, 5) is 9.72. The van der Waals surface area contributed by atoms with Crippen molar-refractivity contribution in [2.45, 2.75) is 29.1 Å². The molecule has 3 nitrogen and oxygen atoms in total. The molecule has 0 saturated carbocycles. The van der Waals surface area contributed by atoms with E-state index in [0.717, 1.165) is 16.2 Å². The van der Waals surface area contributed by atoms with E-state index in [1.807, 2.05) is 19.9 Å². The van der Waals surface area contributed by atoms with Crippen LogP contribution in [0.5, 0.6) is 0 Å². The molecule has 1 aromatic carbocycles. The van der Waals surface area contributed by atoms with Gasteiger partial charge in [-0.3, -0.25) is 0 Å². The Hall–Kier alpha value is -1.67. The van der Waals surface area contributed by atoms with Crippen LogP contribution in [0.1, 0.15) is 12.5 Å². The minimum Gasteiger partial charge on any atom is -0.435 e. The number of aromatic nitrogens is 2. The summed E-state index contributed by atoms with van der Waals surface area (Å²) in [5, 5.41) is 0. The van der Waals surface area contributed by atoms with E-state index in [1.165, 1.54) is 18.2 Å². The topological polar surface area (TPSA) is 38.9 Å². The molecule has 126 valence electrons. The number of thioether (sulfide) groups is 2. The summed E-state index contributed by atoms with van der Waals surface area (Å²) in [5.41, 5.74) is -1.88. The number of aryl methyl sites for hydroxylation is 1. The molecule has 2 heterocycles. The van der Waals surface area contributed by atoms with E-state index >= 15 is 0 Å². The van der Waals surface area contributed by atoms with Crippen LogP contribution in [0.4, 0.5) is 13.2 Å². The third-order valence-corrected chi connectivity index (χ3v) is 4.72. The molecule has 0 aliphatic carbocycles. The van der Waals surface area contributed by atoms with Gasteiger partial charge in [0.05, 0.1) is 0 Å². The summed E-state index contributed by atoms with van der Waals surface area (Å²) in [6.07, 6.45) is 1.72. The second-order valence-corrected chi connectivity index (χ2v) is 7.43. The highest BCUT2D eigenvalue weighted by atomic mass is 32.2. The van der Waals surface area contributed by atoms with Crippen molar-refractivity contribution in [2.75, 3.05) is 5.75 Å². The van der Waals surface area contributed by atoms with E-state index in [2.05, 4.69) is 9.97 Å². The van der Waals surface area contributed by atoms with E-state index in [1.54, 1.807) is 18.0 Å². The summed E-state index contributed by atoms with van der Waals surface area (Å²) in [7, 11) is 0. The highest BCUT2D eigenvalue weighted by Crippen LogP contribution is 2.38. The lowest BCUT2D eigenvalue weighted by Crippen LogP contribution is -1.98. The van der Waals surface area contributed by atoms with Gasteiger partial charge in [-0.05, 0) is 54.3 Å². The molecule has 0 atom stereocenters. The maximum absolute atomic E-state index is 12.5. The van der Waals surface area contributed by atoms with Crippen molar-refractivity contribution in [3.63, 3.8) is 0 Å². The first kappa shape index (κ1) is 17.2. The number of halogens is 3. The number of hydrogen-bond acceptors (Lipinski definition) is 5. The third kappa shape index (κ3) is 3.87. The Morgan fingerprint density at radius 1 is 1.21 bits per heavy atom. The summed E-state index contributed by atoms with van der Waals surface area (Å²) < 4.78 is 43.2. The Morgan fingerprint density at radius 3 is 2.71 bits per heavy atom. The summed E-state index contributed by atoms with van der Waals surface area (Å²) in [6.45, 7) is 3.98. The summed E-state index contributed by atoms with van der Waals surface area (Å²) in [6, 6.07) is 6.25. The Morgan fingerprint density at radius 2 is 2.00 bits per heavy atom. The number of hydrogen-bond donors (Lipinski definition) is 0. The van der Waals surface area contributed by atoms with Crippen molar-refractivity contribution in [1.29, 1.82) is 0 Å². The molecule has 0 fully saturated rings. The number of pyridine rings is 1. The Balaban J connectivity index is 2.02. The first-order chi connectivity index (χ1) is 11.4. The molecule has 0 aliphatic heterocycles. The van der Waals surface area contributed by atoms with Gasteiger partial charge in [0.1, 0.15) is 11.2 Å². The SMILES string of the molecule is CCSc1cc(C)cnc1-c1nc2cc(SC(F)(F)F)ccc2o1. The van der Waals surface area contributed by atoms with Crippen LogP contribution >= 0.6 is 23.5 Å². The predicted molar refractivity (Wildman–Crippen MR) is 90.3 cm³/mol. The molecule has 8 heteroatoms. The van der Waals surface area contributed by atoms with E-state index in [-0.39, 0.29) is 16.7 Å². The fourth-order valence-corrected chi connectivity index (χ4v) is 3.61. The van der Waals surface area contributed by atoms with Gasteiger partial charge in [0.25, 0.3) is 0 Å². The van der Waals surface area contributed by atoms with Gasteiger partial charge in [-0.25, -0.2) is 9.97 Å². The molecule has 3 rings (SSSR count). The molecule has 0 spiro atoms.